The van der Waals surface area contributed by atoms with E-state index >= 15 is 0 Å². The van der Waals surface area contributed by atoms with Crippen LogP contribution in [0.15, 0.2) is 30.6 Å². The van der Waals surface area contributed by atoms with E-state index < -0.39 is 4.92 Å². The Kier molecular flexibility index (Phi) is 2.17. The summed E-state index contributed by atoms with van der Waals surface area (Å²) in [5.74, 6) is 0. The van der Waals surface area contributed by atoms with E-state index in [4.69, 9.17) is 0 Å². The van der Waals surface area contributed by atoms with Crippen LogP contribution in [0.2, 0.25) is 0 Å². The van der Waals surface area contributed by atoms with Gasteiger partial charge in [0.15, 0.2) is 0 Å². The van der Waals surface area contributed by atoms with Gasteiger partial charge in [-0.3, -0.25) is 10.1 Å². The molecule has 0 aliphatic heterocycles. The maximum atomic E-state index is 10.5. The second-order valence-corrected chi connectivity index (χ2v) is 3.05. The molecule has 0 aliphatic rings. The summed E-state index contributed by atoms with van der Waals surface area (Å²) < 4.78 is 0. The number of nitro groups is 1. The Bertz CT molecular complexity index is 493. The number of non-ortho nitro benzene ring substituents is 1. The van der Waals surface area contributed by atoms with Crippen molar-refractivity contribution in [3.63, 3.8) is 0 Å². The lowest BCUT2D eigenvalue weighted by Crippen LogP contribution is -2.01. The molecule has 15 heavy (non-hydrogen) atoms. The number of nitro benzene ring substituents is 1. The zero-order valence-corrected chi connectivity index (χ0v) is 7.99. The third-order valence-corrected chi connectivity index (χ3v) is 2.03. The van der Waals surface area contributed by atoms with Gasteiger partial charge in [-0.2, -0.15) is 15.0 Å². The highest BCUT2D eigenvalue weighted by atomic mass is 16.6. The van der Waals surface area contributed by atoms with Crippen molar-refractivity contribution in [2.45, 2.75) is 6.92 Å². The van der Waals surface area contributed by atoms with Gasteiger partial charge in [-0.05, 0) is 18.6 Å². The molecule has 1 aromatic heterocycles. The molecule has 0 aliphatic carbocycles. The highest BCUT2D eigenvalue weighted by molar-refractivity contribution is 5.46. The van der Waals surface area contributed by atoms with Crippen molar-refractivity contribution in [1.29, 1.82) is 0 Å². The third-order valence-electron chi connectivity index (χ3n) is 2.03. The molecule has 0 bridgehead atoms. The Morgan fingerprint density at radius 2 is 2.00 bits per heavy atom. The minimum absolute atomic E-state index is 0.0726. The van der Waals surface area contributed by atoms with Gasteiger partial charge in [-0.15, -0.1) is 0 Å². The maximum Gasteiger partial charge on any atom is 0.269 e. The van der Waals surface area contributed by atoms with Crippen LogP contribution in [0.25, 0.3) is 5.69 Å². The molecular weight excluding hydrogens is 196 g/mol. The zero-order valence-electron chi connectivity index (χ0n) is 7.99. The number of aryl methyl sites for hydroxylation is 1. The molecule has 0 atom stereocenters. The van der Waals surface area contributed by atoms with Crippen LogP contribution in [0.3, 0.4) is 0 Å². The molecule has 2 rings (SSSR count). The van der Waals surface area contributed by atoms with Gasteiger partial charge in [0.25, 0.3) is 5.69 Å². The molecule has 0 unspecified atom stereocenters. The monoisotopic (exact) mass is 204 g/mol. The molecule has 1 heterocycles. The molecule has 0 fully saturated rings. The Balaban J connectivity index is 2.48. The van der Waals surface area contributed by atoms with Crippen LogP contribution in [0.1, 0.15) is 5.56 Å². The van der Waals surface area contributed by atoms with E-state index in [1.165, 1.54) is 16.9 Å². The van der Waals surface area contributed by atoms with E-state index in [0.29, 0.717) is 0 Å². The van der Waals surface area contributed by atoms with Gasteiger partial charge in [0.1, 0.15) is 0 Å². The SMILES string of the molecule is Cc1cc([N+](=O)[O-])ccc1-n1nccn1. The van der Waals surface area contributed by atoms with Crippen LogP contribution >= 0.6 is 0 Å². The molecule has 1 aromatic carbocycles. The number of hydrogen-bond acceptors (Lipinski definition) is 4. The second kappa shape index (κ2) is 3.49. The number of rotatable bonds is 2. The minimum atomic E-state index is -0.423. The normalized spacial score (nSPS) is 10.2. The molecule has 2 aromatic rings. The van der Waals surface area contributed by atoms with Crippen LogP contribution < -0.4 is 0 Å². The van der Waals surface area contributed by atoms with Gasteiger partial charge >= 0.3 is 0 Å². The van der Waals surface area contributed by atoms with Crippen LogP contribution in [0, 0.1) is 17.0 Å². The van der Waals surface area contributed by atoms with Crippen molar-refractivity contribution in [3.05, 3.63) is 46.3 Å². The average Bonchev–Trinajstić information content (AvgIpc) is 2.70. The molecule has 0 amide bonds. The third kappa shape index (κ3) is 1.69. The van der Waals surface area contributed by atoms with Crippen LogP contribution in [-0.2, 0) is 0 Å². The Morgan fingerprint density at radius 3 is 2.53 bits per heavy atom. The molecule has 0 spiro atoms. The van der Waals surface area contributed by atoms with Crippen molar-refractivity contribution in [2.24, 2.45) is 0 Å². The number of nitrogens with zero attached hydrogens (tertiary/aromatic N) is 4. The summed E-state index contributed by atoms with van der Waals surface area (Å²) in [6, 6.07) is 4.57. The summed E-state index contributed by atoms with van der Waals surface area (Å²) >= 11 is 0. The predicted octanol–water partition coefficient (Wildman–Crippen LogP) is 1.48. The molecule has 0 radical (unpaired) electrons. The Labute approximate surface area is 85.3 Å². The maximum absolute atomic E-state index is 10.5. The van der Waals surface area contributed by atoms with Crippen LogP contribution in [0.4, 0.5) is 5.69 Å². The first-order valence-electron chi connectivity index (χ1n) is 4.30. The lowest BCUT2D eigenvalue weighted by molar-refractivity contribution is -0.384. The molecule has 76 valence electrons. The van der Waals surface area contributed by atoms with E-state index in [9.17, 15) is 10.1 Å². The average molecular weight is 204 g/mol. The molecule has 0 saturated carbocycles. The molecule has 0 N–H and O–H groups in total. The highest BCUT2D eigenvalue weighted by Crippen LogP contribution is 2.18. The lowest BCUT2D eigenvalue weighted by atomic mass is 10.2. The minimum Gasteiger partial charge on any atom is -0.258 e. The smallest absolute Gasteiger partial charge is 0.258 e. The van der Waals surface area contributed by atoms with Crippen LogP contribution in [0.5, 0.6) is 0 Å². The van der Waals surface area contributed by atoms with Crippen molar-refractivity contribution >= 4 is 5.69 Å². The quantitative estimate of drug-likeness (QED) is 0.548. The van der Waals surface area contributed by atoms with Crippen LogP contribution in [-0.4, -0.2) is 19.9 Å². The van der Waals surface area contributed by atoms with Gasteiger partial charge in [0, 0.05) is 12.1 Å². The van der Waals surface area contributed by atoms with Gasteiger partial charge in [0.05, 0.1) is 23.0 Å². The first kappa shape index (κ1) is 9.32. The van der Waals surface area contributed by atoms with Gasteiger partial charge in [-0.25, -0.2) is 0 Å². The standard InChI is InChI=1S/C9H8N4O2/c1-7-6-8(13(14)15)2-3-9(7)12-10-4-5-11-12/h2-6H,1H3. The molecular formula is C9H8N4O2. The molecule has 6 nitrogen and oxygen atoms in total. The van der Waals surface area contributed by atoms with Crippen molar-refractivity contribution in [1.82, 2.24) is 15.0 Å². The second-order valence-electron chi connectivity index (χ2n) is 3.05. The number of hydrogen-bond donors (Lipinski definition) is 0. The highest BCUT2D eigenvalue weighted by Gasteiger charge is 2.09. The summed E-state index contributed by atoms with van der Waals surface area (Å²) in [7, 11) is 0. The Morgan fingerprint density at radius 1 is 1.33 bits per heavy atom. The van der Waals surface area contributed by atoms with E-state index in [2.05, 4.69) is 10.2 Å². The topological polar surface area (TPSA) is 73.8 Å². The largest absolute Gasteiger partial charge is 0.269 e. The van der Waals surface area contributed by atoms with Gasteiger partial charge in [-0.1, -0.05) is 0 Å². The van der Waals surface area contributed by atoms with E-state index in [1.807, 2.05) is 0 Å². The zero-order chi connectivity index (χ0) is 10.8. The summed E-state index contributed by atoms with van der Waals surface area (Å²) in [6.07, 6.45) is 3.11. The first-order valence-corrected chi connectivity index (χ1v) is 4.30. The molecule has 6 heteroatoms. The predicted molar refractivity (Wildman–Crippen MR) is 52.8 cm³/mol. The molecule has 0 saturated heterocycles. The van der Waals surface area contributed by atoms with Gasteiger partial charge in [0.2, 0.25) is 0 Å². The Hall–Kier alpha value is -2.24. The summed E-state index contributed by atoms with van der Waals surface area (Å²) in [5.41, 5.74) is 1.58. The van der Waals surface area contributed by atoms with E-state index in [1.54, 1.807) is 25.4 Å². The first-order chi connectivity index (χ1) is 7.18. The number of benzene rings is 1. The lowest BCUT2D eigenvalue weighted by Gasteiger charge is -2.03. The fourth-order valence-electron chi connectivity index (χ4n) is 1.32. The van der Waals surface area contributed by atoms with Crippen molar-refractivity contribution < 1.29 is 4.92 Å². The van der Waals surface area contributed by atoms with Gasteiger partial charge < -0.3 is 0 Å². The van der Waals surface area contributed by atoms with E-state index in [0.717, 1.165) is 11.3 Å². The summed E-state index contributed by atoms with van der Waals surface area (Å²) in [4.78, 5) is 11.5. The van der Waals surface area contributed by atoms with E-state index in [-0.39, 0.29) is 5.69 Å². The summed E-state index contributed by atoms with van der Waals surface area (Å²) in [6.45, 7) is 1.78. The summed E-state index contributed by atoms with van der Waals surface area (Å²) in [5, 5.41) is 18.4. The van der Waals surface area contributed by atoms with Crippen molar-refractivity contribution in [2.75, 3.05) is 0 Å². The number of aromatic nitrogens is 3. The fraction of sp³-hybridized carbons (Fsp3) is 0.111. The van der Waals surface area contributed by atoms with Crippen molar-refractivity contribution in [3.8, 4) is 5.69 Å². The fourth-order valence-corrected chi connectivity index (χ4v) is 1.32.